The zero-order valence-electron chi connectivity index (χ0n) is 8.46. The average molecular weight is 206 g/mol. The molecular formula is C9H18OS2. The minimum atomic E-state index is 0.130. The number of rotatable bonds is 5. The van der Waals surface area contributed by atoms with E-state index < -0.39 is 0 Å². The molecule has 3 heteroatoms. The molecule has 0 aromatic carbocycles. The number of ketones is 1. The van der Waals surface area contributed by atoms with Crippen LogP contribution in [0.15, 0.2) is 0 Å². The van der Waals surface area contributed by atoms with Gasteiger partial charge in [0.1, 0.15) is 4.58 Å². The molecule has 0 spiro atoms. The molecule has 0 bridgehead atoms. The fourth-order valence-corrected chi connectivity index (χ4v) is 3.68. The first-order valence-corrected chi connectivity index (χ1v) is 6.13. The van der Waals surface area contributed by atoms with E-state index in [1.54, 1.807) is 30.4 Å². The molecule has 0 saturated carbocycles. The van der Waals surface area contributed by atoms with E-state index in [-0.39, 0.29) is 10.4 Å². The Kier molecular flexibility index (Phi) is 6.10. The second kappa shape index (κ2) is 5.92. The topological polar surface area (TPSA) is 17.1 Å². The van der Waals surface area contributed by atoms with E-state index in [4.69, 9.17) is 0 Å². The molecule has 0 aliphatic carbocycles. The van der Waals surface area contributed by atoms with Gasteiger partial charge in [-0.2, -0.15) is 0 Å². The highest BCUT2D eigenvalue weighted by Crippen LogP contribution is 2.30. The Morgan fingerprint density at radius 3 is 1.50 bits per heavy atom. The molecule has 0 radical (unpaired) electrons. The zero-order valence-corrected chi connectivity index (χ0v) is 10.1. The molecule has 0 atom stereocenters. The molecule has 0 heterocycles. The van der Waals surface area contributed by atoms with Crippen LogP contribution in [0.25, 0.3) is 0 Å². The summed E-state index contributed by atoms with van der Waals surface area (Å²) >= 11 is 3.50. The zero-order chi connectivity index (χ0) is 9.72. The van der Waals surface area contributed by atoms with E-state index in [1.165, 1.54) is 0 Å². The molecule has 0 rings (SSSR count). The highest BCUT2D eigenvalue weighted by molar-refractivity contribution is 8.18. The summed E-state index contributed by atoms with van der Waals surface area (Å²) in [5, 5.41) is 1.07. The SMILES string of the molecule is CC(=O)C(SC(C)C)SC(C)C. The van der Waals surface area contributed by atoms with Crippen molar-refractivity contribution in [3.8, 4) is 0 Å². The molecule has 12 heavy (non-hydrogen) atoms. The molecular weight excluding hydrogens is 188 g/mol. The summed E-state index contributed by atoms with van der Waals surface area (Å²) < 4.78 is 0.130. The lowest BCUT2D eigenvalue weighted by molar-refractivity contribution is -0.115. The number of Topliss-reactive ketones (excluding diaryl/α,β-unsaturated/α-hetero) is 1. The maximum Gasteiger partial charge on any atom is 0.152 e. The van der Waals surface area contributed by atoms with Gasteiger partial charge in [0.05, 0.1) is 0 Å². The lowest BCUT2D eigenvalue weighted by Crippen LogP contribution is -2.14. The number of hydrogen-bond acceptors (Lipinski definition) is 3. The highest BCUT2D eigenvalue weighted by Gasteiger charge is 2.17. The van der Waals surface area contributed by atoms with Crippen LogP contribution in [-0.4, -0.2) is 20.9 Å². The van der Waals surface area contributed by atoms with Gasteiger partial charge in [-0.15, -0.1) is 23.5 Å². The van der Waals surface area contributed by atoms with Crippen LogP contribution < -0.4 is 0 Å². The lowest BCUT2D eigenvalue weighted by atomic mass is 10.5. The van der Waals surface area contributed by atoms with Gasteiger partial charge in [-0.05, 0) is 6.92 Å². The van der Waals surface area contributed by atoms with Crippen LogP contribution in [0.4, 0.5) is 0 Å². The first kappa shape index (κ1) is 12.4. The Hall–Kier alpha value is 0.370. The minimum absolute atomic E-state index is 0.130. The van der Waals surface area contributed by atoms with Gasteiger partial charge in [0.15, 0.2) is 5.78 Å². The monoisotopic (exact) mass is 206 g/mol. The first-order chi connectivity index (χ1) is 5.43. The van der Waals surface area contributed by atoms with Gasteiger partial charge in [0.25, 0.3) is 0 Å². The second-order valence-corrected chi connectivity index (χ2v) is 6.98. The Morgan fingerprint density at radius 1 is 1.00 bits per heavy atom. The van der Waals surface area contributed by atoms with Gasteiger partial charge in [0.2, 0.25) is 0 Å². The molecule has 0 aliphatic rings. The molecule has 0 aromatic heterocycles. The van der Waals surface area contributed by atoms with Crippen LogP contribution in [-0.2, 0) is 4.79 Å². The second-order valence-electron chi connectivity index (χ2n) is 3.31. The summed E-state index contributed by atoms with van der Waals surface area (Å²) in [6, 6.07) is 0. The van der Waals surface area contributed by atoms with Gasteiger partial charge in [-0.1, -0.05) is 27.7 Å². The van der Waals surface area contributed by atoms with Crippen molar-refractivity contribution in [1.29, 1.82) is 0 Å². The fourth-order valence-electron chi connectivity index (χ4n) is 0.718. The summed E-state index contributed by atoms with van der Waals surface area (Å²) in [6.45, 7) is 10.2. The number of hydrogen-bond donors (Lipinski definition) is 0. The fraction of sp³-hybridized carbons (Fsp3) is 0.889. The Morgan fingerprint density at radius 2 is 1.33 bits per heavy atom. The van der Waals surface area contributed by atoms with Crippen molar-refractivity contribution in [1.82, 2.24) is 0 Å². The smallest absolute Gasteiger partial charge is 0.152 e. The van der Waals surface area contributed by atoms with Crippen molar-refractivity contribution in [2.45, 2.75) is 49.7 Å². The van der Waals surface area contributed by atoms with Gasteiger partial charge < -0.3 is 0 Å². The van der Waals surface area contributed by atoms with Gasteiger partial charge in [-0.3, -0.25) is 4.79 Å². The van der Waals surface area contributed by atoms with Crippen molar-refractivity contribution in [3.05, 3.63) is 0 Å². The van der Waals surface area contributed by atoms with E-state index in [1.807, 2.05) is 0 Å². The Bertz CT molecular complexity index is 133. The third kappa shape index (κ3) is 5.95. The molecule has 1 nitrogen and oxygen atoms in total. The van der Waals surface area contributed by atoms with E-state index >= 15 is 0 Å². The van der Waals surface area contributed by atoms with Crippen LogP contribution in [0.5, 0.6) is 0 Å². The highest BCUT2D eigenvalue weighted by atomic mass is 32.2. The van der Waals surface area contributed by atoms with Gasteiger partial charge in [0, 0.05) is 10.5 Å². The number of carbonyl (C=O) groups is 1. The standard InChI is InChI=1S/C9H18OS2/c1-6(2)11-9(8(5)10)12-7(3)4/h6-7,9H,1-5H3. The van der Waals surface area contributed by atoms with Crippen LogP contribution in [0.1, 0.15) is 34.6 Å². The molecule has 0 amide bonds. The van der Waals surface area contributed by atoms with Gasteiger partial charge >= 0.3 is 0 Å². The third-order valence-corrected chi connectivity index (χ3v) is 4.04. The number of thioether (sulfide) groups is 2. The summed E-state index contributed by atoms with van der Waals surface area (Å²) in [7, 11) is 0. The maximum atomic E-state index is 11.2. The van der Waals surface area contributed by atoms with Gasteiger partial charge in [-0.25, -0.2) is 0 Å². The Labute approximate surface area is 84.1 Å². The van der Waals surface area contributed by atoms with Crippen LogP contribution in [0.3, 0.4) is 0 Å². The molecule has 0 saturated heterocycles. The Balaban J connectivity index is 3.96. The number of carbonyl (C=O) groups excluding carboxylic acids is 1. The van der Waals surface area contributed by atoms with Crippen LogP contribution >= 0.6 is 23.5 Å². The van der Waals surface area contributed by atoms with E-state index in [0.29, 0.717) is 10.5 Å². The molecule has 0 fully saturated rings. The maximum absolute atomic E-state index is 11.2. The normalized spacial score (nSPS) is 11.7. The molecule has 0 aliphatic heterocycles. The van der Waals surface area contributed by atoms with E-state index in [9.17, 15) is 4.79 Å². The van der Waals surface area contributed by atoms with Crippen molar-refractivity contribution in [2.75, 3.05) is 0 Å². The van der Waals surface area contributed by atoms with Crippen LogP contribution in [0.2, 0.25) is 0 Å². The predicted molar refractivity (Wildman–Crippen MR) is 59.9 cm³/mol. The van der Waals surface area contributed by atoms with Crippen molar-refractivity contribution in [2.24, 2.45) is 0 Å². The molecule has 0 N–H and O–H groups in total. The third-order valence-electron chi connectivity index (χ3n) is 1.12. The average Bonchev–Trinajstić information content (AvgIpc) is 1.83. The molecule has 0 aromatic rings. The quantitative estimate of drug-likeness (QED) is 0.643. The summed E-state index contributed by atoms with van der Waals surface area (Å²) in [5.41, 5.74) is 0. The van der Waals surface area contributed by atoms with Crippen molar-refractivity contribution < 1.29 is 4.79 Å². The van der Waals surface area contributed by atoms with Crippen LogP contribution in [0, 0.1) is 0 Å². The summed E-state index contributed by atoms with van der Waals surface area (Å²) in [4.78, 5) is 11.2. The minimum Gasteiger partial charge on any atom is -0.298 e. The molecule has 72 valence electrons. The largest absolute Gasteiger partial charge is 0.298 e. The van der Waals surface area contributed by atoms with E-state index in [0.717, 1.165) is 0 Å². The summed E-state index contributed by atoms with van der Waals surface area (Å²) in [5.74, 6) is 0.285. The lowest BCUT2D eigenvalue weighted by Gasteiger charge is -2.17. The first-order valence-electron chi connectivity index (χ1n) is 4.25. The van der Waals surface area contributed by atoms with Crippen molar-refractivity contribution >= 4 is 29.3 Å². The molecule has 0 unspecified atom stereocenters. The summed E-state index contributed by atoms with van der Waals surface area (Å²) in [6.07, 6.45) is 0. The van der Waals surface area contributed by atoms with E-state index in [2.05, 4.69) is 27.7 Å². The predicted octanol–water partition coefficient (Wildman–Crippen LogP) is 3.18. The van der Waals surface area contributed by atoms with Crippen molar-refractivity contribution in [3.63, 3.8) is 0 Å².